The molecule has 0 unspecified atom stereocenters. The minimum atomic E-state index is -0.606. The molecule has 33 heavy (non-hydrogen) atoms. The third-order valence-electron chi connectivity index (χ3n) is 7.56. The molecule has 2 atom stereocenters. The molecule has 8 nitrogen and oxygen atoms in total. The van der Waals surface area contributed by atoms with Gasteiger partial charge >= 0.3 is 6.03 Å². The van der Waals surface area contributed by atoms with Crippen LogP contribution in [-0.2, 0) is 12.1 Å². The summed E-state index contributed by atoms with van der Waals surface area (Å²) in [5, 5.41) is 10.0. The van der Waals surface area contributed by atoms with Crippen LogP contribution in [0.4, 0.5) is 15.0 Å². The number of anilines is 1. The number of fused-ring (bicyclic) bond motifs is 2. The Hall–Kier alpha value is -2.94. The van der Waals surface area contributed by atoms with Crippen molar-refractivity contribution in [1.82, 2.24) is 24.9 Å². The number of carbonyl (C=O) groups excluding carboxylic acids is 2. The van der Waals surface area contributed by atoms with Gasteiger partial charge in [-0.2, -0.15) is 5.10 Å². The standard InChI is InChI=1S/C24H31FN6O2/c1-4-15-12-29-11-7-8-16(29)13-30(15)23(33)31-14-18-20(24(31,2)3)27-28-21(18)26-22(32)17-9-5-6-10-19(17)25/h5-6,9-10,15-16H,4,7-8,11-14H2,1-3H3,(H2,26,27,28,32)/t15-,16-/m0/s1. The van der Waals surface area contributed by atoms with Crippen molar-refractivity contribution in [3.05, 3.63) is 46.9 Å². The van der Waals surface area contributed by atoms with Gasteiger partial charge < -0.3 is 15.1 Å². The van der Waals surface area contributed by atoms with Gasteiger partial charge in [0.1, 0.15) is 5.82 Å². The molecule has 0 radical (unpaired) electrons. The molecule has 2 fully saturated rings. The molecular weight excluding hydrogens is 423 g/mol. The molecule has 5 rings (SSSR count). The van der Waals surface area contributed by atoms with Crippen LogP contribution in [0.3, 0.4) is 0 Å². The Bertz CT molecular complexity index is 1080. The molecule has 9 heteroatoms. The second-order valence-electron chi connectivity index (χ2n) is 9.79. The van der Waals surface area contributed by atoms with Crippen molar-refractivity contribution in [2.75, 3.05) is 25.0 Å². The van der Waals surface area contributed by atoms with Crippen LogP contribution in [0.2, 0.25) is 0 Å². The molecule has 3 amide bonds. The van der Waals surface area contributed by atoms with Crippen molar-refractivity contribution in [3.63, 3.8) is 0 Å². The molecule has 1 aromatic heterocycles. The number of hydrogen-bond donors (Lipinski definition) is 2. The van der Waals surface area contributed by atoms with Gasteiger partial charge in [-0.3, -0.25) is 14.8 Å². The lowest BCUT2D eigenvalue weighted by Crippen LogP contribution is -2.61. The Morgan fingerprint density at radius 1 is 1.27 bits per heavy atom. The summed E-state index contributed by atoms with van der Waals surface area (Å²) >= 11 is 0. The van der Waals surface area contributed by atoms with Crippen molar-refractivity contribution >= 4 is 17.8 Å². The summed E-state index contributed by atoms with van der Waals surface area (Å²) in [6.45, 7) is 9.27. The number of H-pyrrole nitrogens is 1. The van der Waals surface area contributed by atoms with Crippen molar-refractivity contribution in [2.24, 2.45) is 0 Å². The summed E-state index contributed by atoms with van der Waals surface area (Å²) in [4.78, 5) is 32.9. The van der Waals surface area contributed by atoms with E-state index < -0.39 is 17.3 Å². The predicted octanol–water partition coefficient (Wildman–Crippen LogP) is 3.53. The highest BCUT2D eigenvalue weighted by atomic mass is 19.1. The fourth-order valence-electron chi connectivity index (χ4n) is 5.57. The topological polar surface area (TPSA) is 84.6 Å². The zero-order chi connectivity index (χ0) is 23.3. The number of aromatic amines is 1. The first-order chi connectivity index (χ1) is 15.8. The minimum Gasteiger partial charge on any atom is -0.319 e. The average molecular weight is 455 g/mol. The zero-order valence-electron chi connectivity index (χ0n) is 19.4. The lowest BCUT2D eigenvalue weighted by molar-refractivity contribution is 0.0388. The van der Waals surface area contributed by atoms with E-state index in [-0.39, 0.29) is 17.6 Å². The first-order valence-electron chi connectivity index (χ1n) is 11.8. The molecule has 0 aliphatic carbocycles. The van der Waals surface area contributed by atoms with Crippen molar-refractivity contribution < 1.29 is 14.0 Å². The van der Waals surface area contributed by atoms with Crippen LogP contribution < -0.4 is 5.32 Å². The third-order valence-corrected chi connectivity index (χ3v) is 7.56. The molecular formula is C24H31FN6O2. The van der Waals surface area contributed by atoms with Gasteiger partial charge in [-0.05, 0) is 51.8 Å². The maximum Gasteiger partial charge on any atom is 0.321 e. The lowest BCUT2D eigenvalue weighted by Gasteiger charge is -2.46. The Kier molecular flexibility index (Phi) is 5.39. The summed E-state index contributed by atoms with van der Waals surface area (Å²) in [6.07, 6.45) is 3.25. The highest BCUT2D eigenvalue weighted by Crippen LogP contribution is 2.42. The van der Waals surface area contributed by atoms with Crippen LogP contribution in [0.5, 0.6) is 0 Å². The zero-order valence-corrected chi connectivity index (χ0v) is 19.4. The van der Waals surface area contributed by atoms with E-state index in [0.29, 0.717) is 18.4 Å². The van der Waals surface area contributed by atoms with Crippen molar-refractivity contribution in [2.45, 2.75) is 64.2 Å². The van der Waals surface area contributed by atoms with E-state index in [1.807, 2.05) is 23.6 Å². The number of urea groups is 1. The van der Waals surface area contributed by atoms with E-state index in [9.17, 15) is 14.0 Å². The number of nitrogens with zero attached hydrogens (tertiary/aromatic N) is 4. The van der Waals surface area contributed by atoms with E-state index >= 15 is 0 Å². The second-order valence-corrected chi connectivity index (χ2v) is 9.79. The molecule has 0 saturated carbocycles. The Morgan fingerprint density at radius 2 is 2.06 bits per heavy atom. The highest BCUT2D eigenvalue weighted by molar-refractivity contribution is 6.04. The van der Waals surface area contributed by atoms with Gasteiger partial charge in [-0.15, -0.1) is 0 Å². The molecule has 1 aromatic carbocycles. The Balaban J connectivity index is 1.37. The van der Waals surface area contributed by atoms with E-state index in [1.165, 1.54) is 18.6 Å². The van der Waals surface area contributed by atoms with Gasteiger partial charge in [0.25, 0.3) is 5.91 Å². The summed E-state index contributed by atoms with van der Waals surface area (Å²) in [5.74, 6) is -0.807. The SMILES string of the molecule is CC[C@H]1CN2CCC[C@H]2CN1C(=O)N1Cc2c(NC(=O)c3ccccc3F)n[nH]c2C1(C)C. The molecule has 0 bridgehead atoms. The number of rotatable bonds is 3. The van der Waals surface area contributed by atoms with Gasteiger partial charge in [0, 0.05) is 30.7 Å². The van der Waals surface area contributed by atoms with Crippen molar-refractivity contribution in [1.29, 1.82) is 0 Å². The van der Waals surface area contributed by atoms with Crippen LogP contribution in [0.25, 0.3) is 0 Å². The molecule has 3 aliphatic rings. The molecule has 176 valence electrons. The molecule has 0 spiro atoms. The van der Waals surface area contributed by atoms with E-state index in [1.54, 1.807) is 12.1 Å². The van der Waals surface area contributed by atoms with Crippen LogP contribution in [-0.4, -0.2) is 68.6 Å². The molecule has 3 aliphatic heterocycles. The van der Waals surface area contributed by atoms with Gasteiger partial charge in [-0.1, -0.05) is 19.1 Å². The van der Waals surface area contributed by atoms with Gasteiger partial charge in [0.05, 0.1) is 23.3 Å². The lowest BCUT2D eigenvalue weighted by atomic mass is 10.0. The van der Waals surface area contributed by atoms with Crippen LogP contribution in [0.1, 0.15) is 61.6 Å². The van der Waals surface area contributed by atoms with Gasteiger partial charge in [0.2, 0.25) is 0 Å². The smallest absolute Gasteiger partial charge is 0.319 e. The van der Waals surface area contributed by atoms with Crippen LogP contribution >= 0.6 is 0 Å². The van der Waals surface area contributed by atoms with Crippen molar-refractivity contribution in [3.8, 4) is 0 Å². The number of nitrogens with one attached hydrogen (secondary N) is 2. The summed E-state index contributed by atoms with van der Waals surface area (Å²) in [7, 11) is 0. The fraction of sp³-hybridized carbons (Fsp3) is 0.542. The molecule has 2 aromatic rings. The molecule has 2 N–H and O–H groups in total. The number of piperazine rings is 1. The largest absolute Gasteiger partial charge is 0.321 e. The highest BCUT2D eigenvalue weighted by Gasteiger charge is 2.47. The van der Waals surface area contributed by atoms with Gasteiger partial charge in [0.15, 0.2) is 5.82 Å². The van der Waals surface area contributed by atoms with E-state index in [4.69, 9.17) is 0 Å². The number of aromatic nitrogens is 2. The molecule has 2 saturated heterocycles. The maximum atomic E-state index is 14.1. The Morgan fingerprint density at radius 3 is 2.82 bits per heavy atom. The van der Waals surface area contributed by atoms with E-state index in [0.717, 1.165) is 43.7 Å². The third kappa shape index (κ3) is 3.58. The number of halogens is 1. The normalized spacial score (nSPS) is 24.0. The minimum absolute atomic E-state index is 0.0226. The maximum absolute atomic E-state index is 14.1. The number of amides is 3. The van der Waals surface area contributed by atoms with Crippen LogP contribution in [0.15, 0.2) is 24.3 Å². The fourth-order valence-corrected chi connectivity index (χ4v) is 5.57. The summed E-state index contributed by atoms with van der Waals surface area (Å²) in [5.41, 5.74) is 0.920. The monoisotopic (exact) mass is 454 g/mol. The predicted molar refractivity (Wildman–Crippen MR) is 122 cm³/mol. The average Bonchev–Trinajstić information content (AvgIpc) is 3.48. The number of hydrogen-bond acceptors (Lipinski definition) is 4. The summed E-state index contributed by atoms with van der Waals surface area (Å²) < 4.78 is 14.1. The summed E-state index contributed by atoms with van der Waals surface area (Å²) in [6, 6.07) is 6.50. The van der Waals surface area contributed by atoms with Crippen LogP contribution in [0, 0.1) is 5.82 Å². The number of carbonyl (C=O) groups is 2. The molecule has 4 heterocycles. The van der Waals surface area contributed by atoms with Gasteiger partial charge in [-0.25, -0.2) is 9.18 Å². The first kappa shape index (κ1) is 21.9. The number of benzene rings is 1. The second kappa shape index (κ2) is 8.13. The Labute approximate surface area is 193 Å². The first-order valence-corrected chi connectivity index (χ1v) is 11.8. The van der Waals surface area contributed by atoms with E-state index in [2.05, 4.69) is 27.3 Å². The quantitative estimate of drug-likeness (QED) is 0.743.